The second-order valence-electron chi connectivity index (χ2n) is 8.44. The summed E-state index contributed by atoms with van der Waals surface area (Å²) in [7, 11) is 0. The molecule has 4 heterocycles. The van der Waals surface area contributed by atoms with Gasteiger partial charge in [-0.15, -0.1) is 0 Å². The number of likely N-dealkylation sites (tertiary alicyclic amines) is 1. The number of carbonyl (C=O) groups is 1. The van der Waals surface area contributed by atoms with Crippen molar-refractivity contribution in [2.24, 2.45) is 0 Å². The largest absolute Gasteiger partial charge is 0.444 e. The maximum atomic E-state index is 14.7. The Kier molecular flexibility index (Phi) is 5.65. The monoisotopic (exact) mass is 473 g/mol. The van der Waals surface area contributed by atoms with E-state index < -0.39 is 11.4 Å². The molecule has 0 aromatic carbocycles. The quantitative estimate of drug-likeness (QED) is 0.352. The van der Waals surface area contributed by atoms with Crippen LogP contribution in [-0.4, -0.2) is 63.0 Å². The van der Waals surface area contributed by atoms with Crippen molar-refractivity contribution in [3.63, 3.8) is 0 Å². The number of carbonyl (C=O) groups excluding carboxylic acids is 1. The van der Waals surface area contributed by atoms with Crippen LogP contribution in [-0.2, 0) is 4.74 Å². The number of piperazine rings is 1. The molecule has 0 N–H and O–H groups in total. The fourth-order valence-corrected chi connectivity index (χ4v) is 4.91. The Morgan fingerprint density at radius 2 is 1.77 bits per heavy atom. The van der Waals surface area contributed by atoms with Crippen LogP contribution in [0.1, 0.15) is 33.6 Å². The molecule has 162 valence electrons. The van der Waals surface area contributed by atoms with E-state index in [2.05, 4.69) is 19.9 Å². The summed E-state index contributed by atoms with van der Waals surface area (Å²) < 4.78 is 20.3. The zero-order valence-corrected chi connectivity index (χ0v) is 19.4. The van der Waals surface area contributed by atoms with Gasteiger partial charge in [0.2, 0.25) is 0 Å². The minimum absolute atomic E-state index is 0.0129. The van der Waals surface area contributed by atoms with E-state index in [0.29, 0.717) is 29.5 Å². The highest BCUT2D eigenvalue weighted by molar-refractivity contribution is 7.98. The van der Waals surface area contributed by atoms with Crippen molar-refractivity contribution >= 4 is 57.8 Å². The molecule has 4 rings (SSSR count). The summed E-state index contributed by atoms with van der Waals surface area (Å²) >= 11 is 13.6. The van der Waals surface area contributed by atoms with Crippen molar-refractivity contribution in [1.29, 1.82) is 0 Å². The Labute approximate surface area is 188 Å². The van der Waals surface area contributed by atoms with Crippen LogP contribution in [0.5, 0.6) is 0 Å². The highest BCUT2D eigenvalue weighted by atomic mass is 35.5. The molecular weight excluding hydrogens is 452 g/mol. The third-order valence-electron chi connectivity index (χ3n) is 5.22. The van der Waals surface area contributed by atoms with Gasteiger partial charge in [-0.05, 0) is 39.9 Å². The third-order valence-corrected chi connectivity index (χ3v) is 6.29. The topological polar surface area (TPSA) is 71.5 Å². The zero-order valence-electron chi connectivity index (χ0n) is 17.1. The predicted molar refractivity (Wildman–Crippen MR) is 116 cm³/mol. The number of nitrogens with zero attached hydrogens (tertiary/aromatic N) is 5. The highest BCUT2D eigenvalue weighted by Gasteiger charge is 2.44. The number of rotatable bonds is 2. The molecule has 11 heteroatoms. The first-order valence-corrected chi connectivity index (χ1v) is 11.6. The van der Waals surface area contributed by atoms with Crippen LogP contribution in [0, 0.1) is 5.82 Å². The van der Waals surface area contributed by atoms with E-state index >= 15 is 0 Å². The van der Waals surface area contributed by atoms with E-state index in [1.807, 2.05) is 27.0 Å². The number of hydrogen-bond donors (Lipinski definition) is 0. The fourth-order valence-electron chi connectivity index (χ4n) is 4.07. The van der Waals surface area contributed by atoms with E-state index in [1.165, 1.54) is 11.8 Å². The molecule has 2 fully saturated rings. The molecule has 0 saturated carbocycles. The van der Waals surface area contributed by atoms with Crippen molar-refractivity contribution in [2.45, 2.75) is 56.5 Å². The van der Waals surface area contributed by atoms with Gasteiger partial charge in [-0.25, -0.2) is 24.1 Å². The lowest BCUT2D eigenvalue weighted by molar-refractivity contribution is 0.0209. The highest BCUT2D eigenvalue weighted by Crippen LogP contribution is 2.41. The van der Waals surface area contributed by atoms with E-state index in [1.54, 1.807) is 4.90 Å². The molecule has 2 aliphatic heterocycles. The number of amides is 1. The molecule has 2 aromatic rings. The minimum atomic E-state index is -0.713. The van der Waals surface area contributed by atoms with E-state index in [4.69, 9.17) is 27.9 Å². The van der Waals surface area contributed by atoms with Crippen LogP contribution in [0.4, 0.5) is 15.0 Å². The van der Waals surface area contributed by atoms with Gasteiger partial charge in [0.15, 0.2) is 16.1 Å². The average Bonchev–Trinajstić information content (AvgIpc) is 2.92. The van der Waals surface area contributed by atoms with Crippen molar-refractivity contribution < 1.29 is 13.9 Å². The molecule has 0 spiro atoms. The lowest BCUT2D eigenvalue weighted by Crippen LogP contribution is -2.56. The first-order chi connectivity index (χ1) is 14.1. The SMILES string of the molecule is CSc1nc(N2[C@@H]3CC[C@H]2CN(C(=O)OC(C)(C)C)C3)c2c(Cl)nc(Cl)c(F)c2n1. The second kappa shape index (κ2) is 7.84. The molecule has 2 bridgehead atoms. The molecule has 0 radical (unpaired) electrons. The molecule has 2 aromatic heterocycles. The fraction of sp³-hybridized carbons (Fsp3) is 0.579. The van der Waals surface area contributed by atoms with Gasteiger partial charge in [0.05, 0.1) is 5.39 Å². The lowest BCUT2D eigenvalue weighted by atomic mass is 10.1. The standard InChI is InChI=1S/C19H22Cl2FN5O2S/c1-19(2,3)29-18(28)26-7-9-5-6-10(8-26)27(9)16-11-13(23-17(25-16)30-4)12(22)15(21)24-14(11)20/h9-10H,5-8H2,1-4H3/t9-,10+. The lowest BCUT2D eigenvalue weighted by Gasteiger charge is -2.42. The number of ether oxygens (including phenoxy) is 1. The van der Waals surface area contributed by atoms with Crippen molar-refractivity contribution in [3.05, 3.63) is 16.1 Å². The van der Waals surface area contributed by atoms with E-state index in [9.17, 15) is 9.18 Å². The number of aromatic nitrogens is 3. The maximum absolute atomic E-state index is 14.7. The van der Waals surface area contributed by atoms with Crippen LogP contribution in [0.3, 0.4) is 0 Å². The van der Waals surface area contributed by atoms with Gasteiger partial charge in [0.1, 0.15) is 22.1 Å². The van der Waals surface area contributed by atoms with Crippen LogP contribution in [0.15, 0.2) is 5.16 Å². The zero-order chi connectivity index (χ0) is 21.8. The number of halogens is 3. The summed E-state index contributed by atoms with van der Waals surface area (Å²) in [4.78, 5) is 29.3. The second-order valence-corrected chi connectivity index (χ2v) is 9.93. The summed E-state index contributed by atoms with van der Waals surface area (Å²) in [5, 5.41) is 0.512. The Balaban J connectivity index is 1.74. The van der Waals surface area contributed by atoms with Crippen LogP contribution < -0.4 is 4.90 Å². The van der Waals surface area contributed by atoms with Crippen molar-refractivity contribution in [1.82, 2.24) is 19.9 Å². The van der Waals surface area contributed by atoms with Gasteiger partial charge < -0.3 is 14.5 Å². The Hall–Kier alpha value is -1.58. The maximum Gasteiger partial charge on any atom is 0.410 e. The van der Waals surface area contributed by atoms with Gasteiger partial charge in [0.25, 0.3) is 0 Å². The Morgan fingerprint density at radius 1 is 1.13 bits per heavy atom. The van der Waals surface area contributed by atoms with Gasteiger partial charge in [-0.1, -0.05) is 35.0 Å². The van der Waals surface area contributed by atoms with Crippen molar-refractivity contribution in [3.8, 4) is 0 Å². The number of thioether (sulfide) groups is 1. The van der Waals surface area contributed by atoms with Crippen LogP contribution >= 0.6 is 35.0 Å². The first kappa shape index (κ1) is 21.6. The normalized spacial score (nSPS) is 21.4. The Morgan fingerprint density at radius 3 is 2.33 bits per heavy atom. The summed E-state index contributed by atoms with van der Waals surface area (Å²) in [6.45, 7) is 6.53. The van der Waals surface area contributed by atoms with Gasteiger partial charge >= 0.3 is 6.09 Å². The van der Waals surface area contributed by atoms with Gasteiger partial charge in [-0.2, -0.15) is 0 Å². The molecular formula is C19H22Cl2FN5O2S. The molecule has 7 nitrogen and oxygen atoms in total. The molecule has 0 aliphatic carbocycles. The number of anilines is 1. The Bertz CT molecular complexity index is 1000. The van der Waals surface area contributed by atoms with Crippen LogP contribution in [0.2, 0.25) is 10.3 Å². The smallest absolute Gasteiger partial charge is 0.410 e. The first-order valence-electron chi connectivity index (χ1n) is 9.61. The molecule has 30 heavy (non-hydrogen) atoms. The minimum Gasteiger partial charge on any atom is -0.444 e. The molecule has 2 aliphatic rings. The summed E-state index contributed by atoms with van der Waals surface area (Å²) in [6, 6.07) is 0.0257. The summed E-state index contributed by atoms with van der Waals surface area (Å²) in [6.07, 6.45) is 3.26. The van der Waals surface area contributed by atoms with Gasteiger partial charge in [0, 0.05) is 25.2 Å². The number of hydrogen-bond acceptors (Lipinski definition) is 7. The molecule has 2 saturated heterocycles. The predicted octanol–water partition coefficient (Wildman–Crippen LogP) is 4.78. The average molecular weight is 474 g/mol. The number of pyridine rings is 1. The van der Waals surface area contributed by atoms with E-state index in [0.717, 1.165) is 12.8 Å². The third kappa shape index (κ3) is 3.87. The summed E-state index contributed by atoms with van der Waals surface area (Å²) in [5.74, 6) is -0.177. The van der Waals surface area contributed by atoms with Crippen LogP contribution in [0.25, 0.3) is 10.9 Å². The summed E-state index contributed by atoms with van der Waals surface area (Å²) in [5.41, 5.74) is -0.498. The van der Waals surface area contributed by atoms with E-state index in [-0.39, 0.29) is 34.0 Å². The van der Waals surface area contributed by atoms with Crippen molar-refractivity contribution in [2.75, 3.05) is 24.2 Å². The molecule has 0 unspecified atom stereocenters. The van der Waals surface area contributed by atoms with Gasteiger partial charge in [-0.3, -0.25) is 0 Å². The molecule has 2 atom stereocenters. The molecule has 1 amide bonds. The number of fused-ring (bicyclic) bond motifs is 3.